The molecule has 15 heavy (non-hydrogen) atoms. The second-order valence-electron chi connectivity index (χ2n) is 3.35. The predicted octanol–water partition coefficient (Wildman–Crippen LogP) is 0.0369. The van der Waals surface area contributed by atoms with Gasteiger partial charge in [-0.2, -0.15) is 0 Å². The fourth-order valence-electron chi connectivity index (χ4n) is 1.48. The number of amides is 1. The van der Waals surface area contributed by atoms with Crippen molar-refractivity contribution in [3.8, 4) is 0 Å². The maximum atomic E-state index is 11.1. The molecule has 2 rings (SSSR count). The van der Waals surface area contributed by atoms with E-state index in [1.807, 2.05) is 0 Å². The predicted molar refractivity (Wildman–Crippen MR) is 48.9 cm³/mol. The van der Waals surface area contributed by atoms with Crippen LogP contribution in [0.3, 0.4) is 0 Å². The highest BCUT2D eigenvalue weighted by Gasteiger charge is 2.23. The fourth-order valence-corrected chi connectivity index (χ4v) is 1.48. The topological polar surface area (TPSA) is 83.4 Å². The van der Waals surface area contributed by atoms with Crippen molar-refractivity contribution in [2.24, 2.45) is 0 Å². The molecular weight excluding hydrogens is 198 g/mol. The summed E-state index contributed by atoms with van der Waals surface area (Å²) in [5.41, 5.74) is 1.44. The van der Waals surface area contributed by atoms with Crippen LogP contribution in [-0.2, 0) is 17.9 Å². The lowest BCUT2D eigenvalue weighted by Crippen LogP contribution is -2.21. The van der Waals surface area contributed by atoms with Crippen LogP contribution in [0.2, 0.25) is 0 Å². The molecule has 2 heterocycles. The third-order valence-corrected chi connectivity index (χ3v) is 2.29. The summed E-state index contributed by atoms with van der Waals surface area (Å²) in [5, 5.41) is 8.69. The van der Waals surface area contributed by atoms with Gasteiger partial charge in [0.25, 0.3) is 0 Å². The van der Waals surface area contributed by atoms with Crippen molar-refractivity contribution in [2.75, 3.05) is 0 Å². The van der Waals surface area contributed by atoms with E-state index in [0.717, 1.165) is 5.56 Å². The summed E-state index contributed by atoms with van der Waals surface area (Å²) < 4.78 is 0. The molecular formula is C9H9N3O3. The Labute approximate surface area is 85.6 Å². The van der Waals surface area contributed by atoms with Gasteiger partial charge in [-0.15, -0.1) is 0 Å². The molecule has 0 saturated heterocycles. The first-order valence-electron chi connectivity index (χ1n) is 4.41. The smallest absolute Gasteiger partial charge is 0.373 e. The number of hydrogen-bond acceptors (Lipinski definition) is 4. The zero-order chi connectivity index (χ0) is 11.0. The molecule has 78 valence electrons. The van der Waals surface area contributed by atoms with Crippen molar-refractivity contribution >= 4 is 11.9 Å². The number of nitrogens with zero attached hydrogens (tertiary/aromatic N) is 3. The van der Waals surface area contributed by atoms with E-state index in [4.69, 9.17) is 5.11 Å². The summed E-state index contributed by atoms with van der Waals surface area (Å²) in [6, 6.07) is 0. The molecule has 6 nitrogen and oxygen atoms in total. The quantitative estimate of drug-likeness (QED) is 0.702. The average molecular weight is 207 g/mol. The number of fused-ring (bicyclic) bond motifs is 1. The molecule has 0 aromatic carbocycles. The van der Waals surface area contributed by atoms with E-state index in [1.54, 1.807) is 4.90 Å². The molecule has 1 aliphatic rings. The lowest BCUT2D eigenvalue weighted by molar-refractivity contribution is -0.129. The van der Waals surface area contributed by atoms with Gasteiger partial charge in [-0.25, -0.2) is 14.8 Å². The van der Waals surface area contributed by atoms with Gasteiger partial charge in [0.05, 0.1) is 12.2 Å². The van der Waals surface area contributed by atoms with E-state index in [9.17, 15) is 9.59 Å². The first-order chi connectivity index (χ1) is 7.08. The minimum absolute atomic E-state index is 0.0510. The highest BCUT2D eigenvalue weighted by molar-refractivity contribution is 5.83. The average Bonchev–Trinajstić information content (AvgIpc) is 2.59. The SMILES string of the molecule is CC(=O)N1Cc2cnc(C(=O)O)nc2C1. The number of aromatic nitrogens is 2. The van der Waals surface area contributed by atoms with Gasteiger partial charge in [-0.3, -0.25) is 4.79 Å². The van der Waals surface area contributed by atoms with E-state index < -0.39 is 5.97 Å². The molecule has 0 atom stereocenters. The Morgan fingerprint density at radius 3 is 2.80 bits per heavy atom. The summed E-state index contributed by atoms with van der Waals surface area (Å²) in [5.74, 6) is -1.43. The maximum absolute atomic E-state index is 11.1. The van der Waals surface area contributed by atoms with Crippen molar-refractivity contribution in [1.29, 1.82) is 0 Å². The zero-order valence-corrected chi connectivity index (χ0v) is 8.10. The fraction of sp³-hybridized carbons (Fsp3) is 0.333. The van der Waals surface area contributed by atoms with Crippen LogP contribution in [0, 0.1) is 0 Å². The number of carbonyl (C=O) groups excluding carboxylic acids is 1. The first kappa shape index (κ1) is 9.57. The number of carboxylic acids is 1. The van der Waals surface area contributed by atoms with E-state index in [-0.39, 0.29) is 11.7 Å². The van der Waals surface area contributed by atoms with E-state index >= 15 is 0 Å². The Balaban J connectivity index is 2.31. The van der Waals surface area contributed by atoms with Crippen LogP contribution in [0.25, 0.3) is 0 Å². The molecule has 0 radical (unpaired) electrons. The molecule has 1 aromatic rings. The van der Waals surface area contributed by atoms with Gasteiger partial charge in [0.15, 0.2) is 0 Å². The van der Waals surface area contributed by atoms with E-state index in [1.165, 1.54) is 13.1 Å². The van der Waals surface area contributed by atoms with Crippen LogP contribution >= 0.6 is 0 Å². The Bertz CT molecular complexity index is 444. The molecule has 6 heteroatoms. The molecule has 0 saturated carbocycles. The standard InChI is InChI=1S/C9H9N3O3/c1-5(13)12-3-6-2-10-8(9(14)15)11-7(6)4-12/h2H,3-4H2,1H3,(H,14,15). The Hall–Kier alpha value is -1.98. The Morgan fingerprint density at radius 2 is 2.20 bits per heavy atom. The monoisotopic (exact) mass is 207 g/mol. The number of hydrogen-bond donors (Lipinski definition) is 1. The molecule has 0 spiro atoms. The van der Waals surface area contributed by atoms with Gasteiger partial charge in [0.1, 0.15) is 0 Å². The largest absolute Gasteiger partial charge is 0.475 e. The van der Waals surface area contributed by atoms with Gasteiger partial charge >= 0.3 is 5.97 Å². The highest BCUT2D eigenvalue weighted by Crippen LogP contribution is 2.19. The van der Waals surface area contributed by atoms with Crippen molar-refractivity contribution in [2.45, 2.75) is 20.0 Å². The number of carbonyl (C=O) groups is 2. The van der Waals surface area contributed by atoms with Gasteiger partial charge in [-0.1, -0.05) is 0 Å². The Kier molecular flexibility index (Phi) is 2.11. The van der Waals surface area contributed by atoms with Crippen molar-refractivity contribution in [1.82, 2.24) is 14.9 Å². The normalized spacial score (nSPS) is 13.8. The highest BCUT2D eigenvalue weighted by atomic mass is 16.4. The van der Waals surface area contributed by atoms with Gasteiger partial charge in [0.2, 0.25) is 11.7 Å². The number of carboxylic acid groups (broad SMARTS) is 1. The molecule has 0 bridgehead atoms. The van der Waals surface area contributed by atoms with Crippen LogP contribution in [0.4, 0.5) is 0 Å². The first-order valence-corrected chi connectivity index (χ1v) is 4.41. The van der Waals surface area contributed by atoms with Crippen LogP contribution in [0.15, 0.2) is 6.20 Å². The lowest BCUT2D eigenvalue weighted by atomic mass is 10.3. The summed E-state index contributed by atoms with van der Waals surface area (Å²) in [6.45, 7) is 2.30. The third kappa shape index (κ3) is 1.65. The summed E-state index contributed by atoms with van der Waals surface area (Å²) in [4.78, 5) is 30.9. The molecule has 1 aliphatic heterocycles. The van der Waals surface area contributed by atoms with Crippen LogP contribution in [0.1, 0.15) is 28.8 Å². The third-order valence-electron chi connectivity index (χ3n) is 2.29. The summed E-state index contributed by atoms with van der Waals surface area (Å²) in [7, 11) is 0. The molecule has 0 fully saturated rings. The Morgan fingerprint density at radius 1 is 1.47 bits per heavy atom. The van der Waals surface area contributed by atoms with E-state index in [2.05, 4.69) is 9.97 Å². The second kappa shape index (κ2) is 3.30. The van der Waals surface area contributed by atoms with Crippen LogP contribution < -0.4 is 0 Å². The van der Waals surface area contributed by atoms with Gasteiger partial charge in [-0.05, 0) is 0 Å². The molecule has 1 N–H and O–H groups in total. The number of aromatic carboxylic acids is 1. The lowest BCUT2D eigenvalue weighted by Gasteiger charge is -2.10. The van der Waals surface area contributed by atoms with Gasteiger partial charge in [0, 0.05) is 25.2 Å². The minimum atomic E-state index is -1.15. The van der Waals surface area contributed by atoms with E-state index in [0.29, 0.717) is 18.8 Å². The van der Waals surface area contributed by atoms with Crippen molar-refractivity contribution in [3.63, 3.8) is 0 Å². The maximum Gasteiger partial charge on any atom is 0.373 e. The molecule has 0 unspecified atom stereocenters. The van der Waals surface area contributed by atoms with Crippen molar-refractivity contribution in [3.05, 3.63) is 23.3 Å². The molecule has 0 aliphatic carbocycles. The van der Waals surface area contributed by atoms with Crippen LogP contribution in [-0.4, -0.2) is 31.9 Å². The second-order valence-corrected chi connectivity index (χ2v) is 3.35. The summed E-state index contributed by atoms with van der Waals surface area (Å²) >= 11 is 0. The van der Waals surface area contributed by atoms with Crippen molar-refractivity contribution < 1.29 is 14.7 Å². The van der Waals surface area contributed by atoms with Gasteiger partial charge < -0.3 is 10.0 Å². The minimum Gasteiger partial charge on any atom is -0.475 e. The van der Waals surface area contributed by atoms with Crippen LogP contribution in [0.5, 0.6) is 0 Å². The number of rotatable bonds is 1. The molecule has 1 amide bonds. The molecule has 1 aromatic heterocycles. The zero-order valence-electron chi connectivity index (χ0n) is 8.10. The summed E-state index contributed by atoms with van der Waals surface area (Å²) in [6.07, 6.45) is 1.47.